The molecule has 0 fully saturated rings. The molecule has 110 valence electrons. The molecule has 6 nitrogen and oxygen atoms in total. The van der Waals surface area contributed by atoms with Gasteiger partial charge in [-0.05, 0) is 29.8 Å². The maximum absolute atomic E-state index is 11.8. The monoisotopic (exact) mass is 290 g/mol. The molecular weight excluding hydrogens is 276 g/mol. The van der Waals surface area contributed by atoms with Crippen molar-refractivity contribution in [2.24, 2.45) is 0 Å². The van der Waals surface area contributed by atoms with Crippen LogP contribution < -0.4 is 4.74 Å². The van der Waals surface area contributed by atoms with Gasteiger partial charge in [0.1, 0.15) is 12.4 Å². The van der Waals surface area contributed by atoms with Crippen molar-refractivity contribution in [1.82, 2.24) is 0 Å². The Labute approximate surface area is 120 Å². The summed E-state index contributed by atoms with van der Waals surface area (Å²) in [7, 11) is 1.53. The summed E-state index contributed by atoms with van der Waals surface area (Å²) in [5, 5.41) is 27.9. The number of phenols is 3. The fourth-order valence-electron chi connectivity index (χ4n) is 1.72. The molecule has 0 aliphatic rings. The summed E-state index contributed by atoms with van der Waals surface area (Å²) < 4.78 is 10.1. The molecule has 0 aliphatic heterocycles. The van der Waals surface area contributed by atoms with Crippen LogP contribution in [0.3, 0.4) is 0 Å². The van der Waals surface area contributed by atoms with Gasteiger partial charge in [0.05, 0.1) is 12.7 Å². The largest absolute Gasteiger partial charge is 0.504 e. The first-order chi connectivity index (χ1) is 10.0. The molecule has 0 heterocycles. The predicted octanol–water partition coefficient (Wildman–Crippen LogP) is 2.17. The van der Waals surface area contributed by atoms with Crippen LogP contribution in [0.15, 0.2) is 36.4 Å². The Kier molecular flexibility index (Phi) is 4.18. The third-order valence-electron chi connectivity index (χ3n) is 2.81. The van der Waals surface area contributed by atoms with Crippen LogP contribution in [-0.4, -0.2) is 28.4 Å². The number of rotatable bonds is 4. The summed E-state index contributed by atoms with van der Waals surface area (Å²) in [5.41, 5.74) is 0.667. The van der Waals surface area contributed by atoms with E-state index in [0.717, 1.165) is 17.7 Å². The molecule has 3 N–H and O–H groups in total. The number of hydrogen-bond donors (Lipinski definition) is 3. The molecule has 0 spiro atoms. The molecule has 2 aromatic carbocycles. The third kappa shape index (κ3) is 3.36. The van der Waals surface area contributed by atoms with Crippen molar-refractivity contribution in [2.75, 3.05) is 7.11 Å². The SMILES string of the molecule is COc1cccc(COC(=O)c2cc(O)c(O)c(O)c2)c1. The Morgan fingerprint density at radius 1 is 1.10 bits per heavy atom. The molecule has 0 unspecified atom stereocenters. The number of aromatic hydroxyl groups is 3. The Bertz CT molecular complexity index is 642. The Morgan fingerprint density at radius 2 is 1.76 bits per heavy atom. The number of carbonyl (C=O) groups is 1. The molecule has 0 saturated carbocycles. The number of carbonyl (C=O) groups excluding carboxylic acids is 1. The van der Waals surface area contributed by atoms with Crippen LogP contribution in [0.2, 0.25) is 0 Å². The van der Waals surface area contributed by atoms with Crippen LogP contribution in [0.5, 0.6) is 23.0 Å². The van der Waals surface area contributed by atoms with Gasteiger partial charge in [0.15, 0.2) is 17.2 Å². The smallest absolute Gasteiger partial charge is 0.338 e. The lowest BCUT2D eigenvalue weighted by atomic mass is 10.2. The highest BCUT2D eigenvalue weighted by atomic mass is 16.5. The third-order valence-corrected chi connectivity index (χ3v) is 2.81. The molecule has 0 amide bonds. The van der Waals surface area contributed by atoms with Crippen molar-refractivity contribution < 1.29 is 29.6 Å². The van der Waals surface area contributed by atoms with Gasteiger partial charge in [-0.2, -0.15) is 0 Å². The first-order valence-corrected chi connectivity index (χ1v) is 6.06. The minimum atomic E-state index is -0.733. The van der Waals surface area contributed by atoms with Crippen LogP contribution in [0.4, 0.5) is 0 Å². The van der Waals surface area contributed by atoms with Crippen molar-refractivity contribution in [2.45, 2.75) is 6.61 Å². The highest BCUT2D eigenvalue weighted by Gasteiger charge is 2.14. The van der Waals surface area contributed by atoms with E-state index < -0.39 is 23.2 Å². The summed E-state index contributed by atoms with van der Waals surface area (Å²) in [5.74, 6) is -1.96. The molecule has 2 rings (SSSR count). The average molecular weight is 290 g/mol. The number of benzene rings is 2. The first-order valence-electron chi connectivity index (χ1n) is 6.06. The second kappa shape index (κ2) is 6.04. The number of phenolic OH excluding ortho intramolecular Hbond substituents is 3. The van der Waals surface area contributed by atoms with Gasteiger partial charge in [-0.1, -0.05) is 12.1 Å². The van der Waals surface area contributed by atoms with E-state index in [1.165, 1.54) is 7.11 Å². The summed E-state index contributed by atoms with van der Waals surface area (Å²) in [6, 6.07) is 9.05. The van der Waals surface area contributed by atoms with E-state index in [0.29, 0.717) is 5.75 Å². The van der Waals surface area contributed by atoms with E-state index in [1.807, 2.05) is 0 Å². The maximum atomic E-state index is 11.8. The van der Waals surface area contributed by atoms with Gasteiger partial charge in [0, 0.05) is 0 Å². The lowest BCUT2D eigenvalue weighted by molar-refractivity contribution is 0.0471. The lowest BCUT2D eigenvalue weighted by Crippen LogP contribution is -2.05. The fraction of sp³-hybridized carbons (Fsp3) is 0.133. The van der Waals surface area contributed by atoms with Gasteiger partial charge >= 0.3 is 5.97 Å². The van der Waals surface area contributed by atoms with Crippen molar-refractivity contribution in [1.29, 1.82) is 0 Å². The minimum absolute atomic E-state index is 0.0123. The molecular formula is C15H14O6. The van der Waals surface area contributed by atoms with Gasteiger partial charge in [-0.15, -0.1) is 0 Å². The molecule has 0 aliphatic carbocycles. The summed E-state index contributed by atoms with van der Waals surface area (Å²) in [6.07, 6.45) is 0. The zero-order valence-electron chi connectivity index (χ0n) is 11.2. The summed E-state index contributed by atoms with van der Waals surface area (Å²) >= 11 is 0. The van der Waals surface area contributed by atoms with Gasteiger partial charge in [0.25, 0.3) is 0 Å². The minimum Gasteiger partial charge on any atom is -0.504 e. The molecule has 0 aromatic heterocycles. The first kappa shape index (κ1) is 14.5. The normalized spacial score (nSPS) is 10.1. The summed E-state index contributed by atoms with van der Waals surface area (Å²) in [6.45, 7) is 0.0123. The van der Waals surface area contributed by atoms with Crippen LogP contribution in [0.25, 0.3) is 0 Å². The van der Waals surface area contributed by atoms with E-state index >= 15 is 0 Å². The van der Waals surface area contributed by atoms with E-state index in [1.54, 1.807) is 24.3 Å². The van der Waals surface area contributed by atoms with Gasteiger partial charge < -0.3 is 24.8 Å². The van der Waals surface area contributed by atoms with Gasteiger partial charge in [0.2, 0.25) is 0 Å². The second-order valence-corrected chi connectivity index (χ2v) is 4.29. The Balaban J connectivity index is 2.08. The molecule has 6 heteroatoms. The standard InChI is InChI=1S/C15H14O6/c1-20-11-4-2-3-9(5-11)8-21-15(19)10-6-12(16)14(18)13(17)7-10/h2-7,16-18H,8H2,1H3. The highest BCUT2D eigenvalue weighted by molar-refractivity contribution is 5.91. The lowest BCUT2D eigenvalue weighted by Gasteiger charge is -2.08. The number of ether oxygens (including phenoxy) is 2. The Hall–Kier alpha value is -2.89. The van der Waals surface area contributed by atoms with Crippen LogP contribution in [0.1, 0.15) is 15.9 Å². The molecule has 21 heavy (non-hydrogen) atoms. The van der Waals surface area contributed by atoms with Crippen LogP contribution in [-0.2, 0) is 11.3 Å². The average Bonchev–Trinajstić information content (AvgIpc) is 2.50. The van der Waals surface area contributed by atoms with Gasteiger partial charge in [-0.3, -0.25) is 0 Å². The molecule has 0 saturated heterocycles. The van der Waals surface area contributed by atoms with Gasteiger partial charge in [-0.25, -0.2) is 4.79 Å². The molecule has 2 aromatic rings. The second-order valence-electron chi connectivity index (χ2n) is 4.29. The van der Waals surface area contributed by atoms with Crippen molar-refractivity contribution >= 4 is 5.97 Å². The van der Waals surface area contributed by atoms with Crippen LogP contribution in [0, 0.1) is 0 Å². The number of methoxy groups -OCH3 is 1. The van der Waals surface area contributed by atoms with Crippen LogP contribution >= 0.6 is 0 Å². The number of hydrogen-bond acceptors (Lipinski definition) is 6. The summed E-state index contributed by atoms with van der Waals surface area (Å²) in [4.78, 5) is 11.8. The zero-order chi connectivity index (χ0) is 15.4. The molecule has 0 atom stereocenters. The van der Waals surface area contributed by atoms with Crippen molar-refractivity contribution in [3.63, 3.8) is 0 Å². The van der Waals surface area contributed by atoms with E-state index in [9.17, 15) is 20.1 Å². The molecule has 0 bridgehead atoms. The van der Waals surface area contributed by atoms with E-state index in [-0.39, 0.29) is 12.2 Å². The maximum Gasteiger partial charge on any atom is 0.338 e. The van der Waals surface area contributed by atoms with Crippen molar-refractivity contribution in [3.8, 4) is 23.0 Å². The van der Waals surface area contributed by atoms with Crippen molar-refractivity contribution in [3.05, 3.63) is 47.5 Å². The topological polar surface area (TPSA) is 96.2 Å². The zero-order valence-corrected chi connectivity index (χ0v) is 11.2. The number of esters is 1. The van der Waals surface area contributed by atoms with E-state index in [2.05, 4.69) is 0 Å². The highest BCUT2D eigenvalue weighted by Crippen LogP contribution is 2.35. The predicted molar refractivity (Wildman–Crippen MR) is 73.5 cm³/mol. The van der Waals surface area contributed by atoms with E-state index in [4.69, 9.17) is 9.47 Å². The quantitative estimate of drug-likeness (QED) is 0.590. The Morgan fingerprint density at radius 3 is 2.38 bits per heavy atom. The fourth-order valence-corrected chi connectivity index (χ4v) is 1.72. The molecule has 0 radical (unpaired) electrons.